The third-order valence-corrected chi connectivity index (χ3v) is 15.5. The van der Waals surface area contributed by atoms with E-state index in [1.807, 2.05) is 21.1 Å². The predicted molar refractivity (Wildman–Crippen MR) is 339 cm³/mol. The second kappa shape index (κ2) is 60.1. The highest BCUT2D eigenvalue weighted by Gasteiger charge is 2.27. The largest absolute Gasteiger partial charge is 0.472 e. The molecule has 0 heterocycles. The van der Waals surface area contributed by atoms with Crippen LogP contribution in [0.4, 0.5) is 0 Å². The van der Waals surface area contributed by atoms with Crippen LogP contribution in [0.1, 0.15) is 303 Å². The Morgan fingerprint density at radius 1 is 0.405 bits per heavy atom. The number of hydrogen-bond donors (Lipinski definition) is 1. The van der Waals surface area contributed by atoms with Gasteiger partial charge in [0.05, 0.1) is 27.7 Å². The Kier molecular flexibility index (Phi) is 58.1. The highest BCUT2D eigenvalue weighted by Crippen LogP contribution is 2.43. The molecule has 2 unspecified atom stereocenters. The molecule has 0 spiro atoms. The standard InChI is InChI=1S/C69H126NO8P/c1-6-8-10-12-14-16-18-20-22-24-26-28-30-31-32-33-34-35-36-37-38-40-41-43-45-47-49-51-53-55-57-59-61-68(71)75-65-67(66-77-79(73,74)76-64-63-70(3,4)5)78-69(72)62-60-58-56-54-52-50-48-46-44-42-39-29-27-25-23-21-19-17-15-13-11-9-7-2/h9,11,15,17,21,23,27,29,42,44,48,50,67H,6-8,10,12-14,16,18-20,22,24-26,28,30-41,43,45-47,49,51-66H2,1-5H3/p+1/b11-9-,17-15-,23-21-,29-27-,44-42-,50-48-. The molecule has 0 fully saturated rings. The second-order valence-electron chi connectivity index (χ2n) is 23.5. The molecule has 0 amide bonds. The zero-order valence-electron chi connectivity index (χ0n) is 52.4. The highest BCUT2D eigenvalue weighted by molar-refractivity contribution is 7.47. The summed E-state index contributed by atoms with van der Waals surface area (Å²) in [4.78, 5) is 35.8. The predicted octanol–water partition coefficient (Wildman–Crippen LogP) is 21.2. The van der Waals surface area contributed by atoms with Crippen LogP contribution in [0.25, 0.3) is 0 Å². The monoisotopic (exact) mass is 1130 g/mol. The van der Waals surface area contributed by atoms with Gasteiger partial charge in [-0.05, 0) is 64.2 Å². The fourth-order valence-corrected chi connectivity index (χ4v) is 10.2. The van der Waals surface area contributed by atoms with E-state index in [4.69, 9.17) is 18.5 Å². The fourth-order valence-electron chi connectivity index (χ4n) is 9.43. The quantitative estimate of drug-likeness (QED) is 0.0211. The molecule has 1 N–H and O–H groups in total. The number of nitrogens with zero attached hydrogens (tertiary/aromatic N) is 1. The van der Waals surface area contributed by atoms with E-state index >= 15 is 0 Å². The van der Waals surface area contributed by atoms with E-state index in [1.54, 1.807) is 0 Å². The minimum Gasteiger partial charge on any atom is -0.462 e. The van der Waals surface area contributed by atoms with Crippen molar-refractivity contribution in [1.29, 1.82) is 0 Å². The molecular weight excluding hydrogens is 1000 g/mol. The zero-order chi connectivity index (χ0) is 57.7. The van der Waals surface area contributed by atoms with Gasteiger partial charge < -0.3 is 18.9 Å². The summed E-state index contributed by atoms with van der Waals surface area (Å²) >= 11 is 0. The summed E-state index contributed by atoms with van der Waals surface area (Å²) < 4.78 is 34.6. The highest BCUT2D eigenvalue weighted by atomic mass is 31.2. The normalized spacial score (nSPS) is 13.6. The first-order valence-corrected chi connectivity index (χ1v) is 34.7. The number of ether oxygens (including phenoxy) is 2. The topological polar surface area (TPSA) is 108 Å². The fraction of sp³-hybridized carbons (Fsp3) is 0.797. The molecule has 0 aliphatic carbocycles. The summed E-state index contributed by atoms with van der Waals surface area (Å²) in [5.41, 5.74) is 0. The first kappa shape index (κ1) is 76.5. The number of hydrogen-bond acceptors (Lipinski definition) is 7. The minimum atomic E-state index is -4.40. The Hall–Kier alpha value is -2.55. The number of carbonyl (C=O) groups excluding carboxylic acids is 2. The SMILES string of the molecule is CC/C=C\C/C=C\C/C=C\C/C=C\C/C=C\C/C=C\CCCCCCC(=O)OC(COC(=O)CCCCCCCCCCCCCCCCCCCCCCCCCCCCCCCCCC)COP(=O)(O)OCC[N+](C)(C)C. The Morgan fingerprint density at radius 2 is 0.722 bits per heavy atom. The number of quaternary nitrogens is 1. The summed E-state index contributed by atoms with van der Waals surface area (Å²) in [5.74, 6) is -0.818. The molecule has 9 nitrogen and oxygen atoms in total. The van der Waals surface area contributed by atoms with Gasteiger partial charge in [-0.25, -0.2) is 4.57 Å². The molecule has 0 aromatic carbocycles. The van der Waals surface area contributed by atoms with Crippen molar-refractivity contribution in [3.05, 3.63) is 72.9 Å². The summed E-state index contributed by atoms with van der Waals surface area (Å²) in [7, 11) is 1.46. The molecule has 0 saturated heterocycles. The van der Waals surface area contributed by atoms with Crippen LogP contribution in [-0.4, -0.2) is 74.9 Å². The molecule has 0 aliphatic rings. The van der Waals surface area contributed by atoms with E-state index < -0.39 is 26.5 Å². The van der Waals surface area contributed by atoms with Crippen molar-refractivity contribution in [2.24, 2.45) is 0 Å². The number of allylic oxidation sites excluding steroid dienone is 12. The number of phosphoric ester groups is 1. The van der Waals surface area contributed by atoms with Gasteiger partial charge in [0.15, 0.2) is 6.10 Å². The average molecular weight is 1130 g/mol. The van der Waals surface area contributed by atoms with E-state index in [-0.39, 0.29) is 32.0 Å². The van der Waals surface area contributed by atoms with Gasteiger partial charge in [-0.3, -0.25) is 18.6 Å². The lowest BCUT2D eigenvalue weighted by molar-refractivity contribution is -0.870. The summed E-state index contributed by atoms with van der Waals surface area (Å²) in [6, 6.07) is 0. The molecule has 0 aliphatic heterocycles. The zero-order valence-corrected chi connectivity index (χ0v) is 53.2. The third-order valence-electron chi connectivity index (χ3n) is 14.5. The van der Waals surface area contributed by atoms with Crippen LogP contribution >= 0.6 is 7.82 Å². The van der Waals surface area contributed by atoms with E-state index in [1.165, 1.54) is 186 Å². The third kappa shape index (κ3) is 64.5. The van der Waals surface area contributed by atoms with Gasteiger partial charge in [0.2, 0.25) is 0 Å². The number of rotatable bonds is 61. The first-order chi connectivity index (χ1) is 38.5. The Balaban J connectivity index is 4.06. The Morgan fingerprint density at radius 3 is 1.08 bits per heavy atom. The lowest BCUT2D eigenvalue weighted by Gasteiger charge is -2.24. The lowest BCUT2D eigenvalue weighted by Crippen LogP contribution is -2.37. The van der Waals surface area contributed by atoms with Crippen LogP contribution < -0.4 is 0 Å². The van der Waals surface area contributed by atoms with Crippen molar-refractivity contribution in [3.63, 3.8) is 0 Å². The van der Waals surface area contributed by atoms with E-state index in [0.717, 1.165) is 83.5 Å². The maximum atomic E-state index is 12.8. The summed E-state index contributed by atoms with van der Waals surface area (Å²) in [6.45, 7) is 4.33. The summed E-state index contributed by atoms with van der Waals surface area (Å²) in [5, 5.41) is 0. The maximum absolute atomic E-state index is 12.8. The van der Waals surface area contributed by atoms with E-state index in [9.17, 15) is 19.0 Å². The molecule has 0 radical (unpaired) electrons. The van der Waals surface area contributed by atoms with Crippen LogP contribution in [0.3, 0.4) is 0 Å². The molecule has 0 saturated carbocycles. The molecule has 0 rings (SSSR count). The van der Waals surface area contributed by atoms with Gasteiger partial charge in [-0.2, -0.15) is 0 Å². The van der Waals surface area contributed by atoms with Gasteiger partial charge in [-0.15, -0.1) is 0 Å². The van der Waals surface area contributed by atoms with Crippen molar-refractivity contribution >= 4 is 19.8 Å². The van der Waals surface area contributed by atoms with Crippen molar-refractivity contribution in [1.82, 2.24) is 0 Å². The maximum Gasteiger partial charge on any atom is 0.472 e. The van der Waals surface area contributed by atoms with Crippen LogP contribution in [-0.2, 0) is 32.7 Å². The van der Waals surface area contributed by atoms with Crippen molar-refractivity contribution in [3.8, 4) is 0 Å². The number of phosphoric acid groups is 1. The van der Waals surface area contributed by atoms with Gasteiger partial charge in [0.1, 0.15) is 19.8 Å². The van der Waals surface area contributed by atoms with Crippen LogP contribution in [0, 0.1) is 0 Å². The number of carbonyl (C=O) groups is 2. The smallest absolute Gasteiger partial charge is 0.462 e. The Labute approximate surface area is 489 Å². The van der Waals surface area contributed by atoms with E-state index in [0.29, 0.717) is 17.4 Å². The van der Waals surface area contributed by atoms with Gasteiger partial charge in [-0.1, -0.05) is 299 Å². The first-order valence-electron chi connectivity index (χ1n) is 33.2. The van der Waals surface area contributed by atoms with Crippen LogP contribution in [0.2, 0.25) is 0 Å². The molecule has 0 bridgehead atoms. The number of esters is 2. The average Bonchev–Trinajstić information content (AvgIpc) is 3.41. The molecule has 79 heavy (non-hydrogen) atoms. The molecule has 0 aromatic rings. The Bertz CT molecular complexity index is 1560. The molecule has 0 aromatic heterocycles. The van der Waals surface area contributed by atoms with Crippen molar-refractivity contribution < 1.29 is 42.1 Å². The molecule has 460 valence electrons. The number of likely N-dealkylation sites (N-methyl/N-ethyl adjacent to an activating group) is 1. The number of unbranched alkanes of at least 4 members (excludes halogenated alkanes) is 35. The van der Waals surface area contributed by atoms with Crippen LogP contribution in [0.5, 0.6) is 0 Å². The molecule has 10 heteroatoms. The van der Waals surface area contributed by atoms with Gasteiger partial charge >= 0.3 is 19.8 Å². The van der Waals surface area contributed by atoms with Crippen molar-refractivity contribution in [2.75, 3.05) is 47.5 Å². The minimum absolute atomic E-state index is 0.0243. The van der Waals surface area contributed by atoms with Crippen LogP contribution in [0.15, 0.2) is 72.9 Å². The van der Waals surface area contributed by atoms with E-state index in [2.05, 4.69) is 86.8 Å². The molecular formula is C69H127NO8P+. The van der Waals surface area contributed by atoms with Gasteiger partial charge in [0.25, 0.3) is 0 Å². The second-order valence-corrected chi connectivity index (χ2v) is 24.9. The van der Waals surface area contributed by atoms with Crippen molar-refractivity contribution in [2.45, 2.75) is 309 Å². The lowest BCUT2D eigenvalue weighted by atomic mass is 10.0. The summed E-state index contributed by atoms with van der Waals surface area (Å²) in [6.07, 6.45) is 80.1. The van der Waals surface area contributed by atoms with Gasteiger partial charge in [0, 0.05) is 12.8 Å². The molecule has 2 atom stereocenters.